The molecule has 3 aromatic heterocycles. The van der Waals surface area contributed by atoms with E-state index in [1.54, 1.807) is 18.7 Å². The number of aryl methyl sites for hydroxylation is 2. The summed E-state index contributed by atoms with van der Waals surface area (Å²) in [5, 5.41) is 0. The van der Waals surface area contributed by atoms with E-state index >= 15 is 0 Å². The van der Waals surface area contributed by atoms with Gasteiger partial charge in [-0.05, 0) is 33.1 Å². The first-order valence-electron chi connectivity index (χ1n) is 10.6. The van der Waals surface area contributed by atoms with Crippen LogP contribution in [0.4, 0.5) is 5.82 Å². The van der Waals surface area contributed by atoms with Gasteiger partial charge in [0.05, 0.1) is 5.56 Å². The zero-order valence-corrected chi connectivity index (χ0v) is 17.6. The average Bonchev–Trinajstić information content (AvgIpc) is 3.37. The third kappa shape index (κ3) is 3.18. The van der Waals surface area contributed by atoms with Crippen LogP contribution in [0.3, 0.4) is 0 Å². The molecule has 0 bridgehead atoms. The number of rotatable bonds is 5. The molecule has 1 saturated carbocycles. The van der Waals surface area contributed by atoms with Crippen molar-refractivity contribution in [2.75, 3.05) is 25.0 Å². The molecule has 0 spiro atoms. The number of anilines is 1. The standard InChI is InChI=1S/C21H26N8O/c1-4-29-18(15-9-22-13(2)23-10-15)26-17-19(24-12-25-20(17)29)27(3)16-7-8-28(11-16)21(30)14-5-6-14/h9-10,12,14,16H,4-8,11H2,1-3H3. The summed E-state index contributed by atoms with van der Waals surface area (Å²) >= 11 is 0. The van der Waals surface area contributed by atoms with Gasteiger partial charge in [0, 0.05) is 51.0 Å². The van der Waals surface area contributed by atoms with Crippen LogP contribution in [0.25, 0.3) is 22.6 Å². The van der Waals surface area contributed by atoms with Crippen LogP contribution < -0.4 is 4.90 Å². The van der Waals surface area contributed by atoms with Gasteiger partial charge in [0.15, 0.2) is 17.0 Å². The van der Waals surface area contributed by atoms with E-state index in [4.69, 9.17) is 4.98 Å². The minimum absolute atomic E-state index is 0.226. The molecule has 9 heteroatoms. The third-order valence-electron chi connectivity index (χ3n) is 6.15. The van der Waals surface area contributed by atoms with E-state index in [-0.39, 0.29) is 12.0 Å². The van der Waals surface area contributed by atoms with Crippen molar-refractivity contribution in [1.29, 1.82) is 0 Å². The Labute approximate surface area is 175 Å². The van der Waals surface area contributed by atoms with Crippen molar-refractivity contribution in [2.24, 2.45) is 5.92 Å². The fourth-order valence-electron chi connectivity index (χ4n) is 4.23. The summed E-state index contributed by atoms with van der Waals surface area (Å²) in [7, 11) is 2.04. The Morgan fingerprint density at radius 2 is 1.93 bits per heavy atom. The molecule has 156 valence electrons. The Morgan fingerprint density at radius 3 is 2.63 bits per heavy atom. The molecule has 1 atom stereocenters. The monoisotopic (exact) mass is 406 g/mol. The molecule has 0 aromatic carbocycles. The van der Waals surface area contributed by atoms with Crippen molar-refractivity contribution in [3.8, 4) is 11.4 Å². The number of nitrogens with zero attached hydrogens (tertiary/aromatic N) is 8. The number of carbonyl (C=O) groups is 1. The van der Waals surface area contributed by atoms with Gasteiger partial charge < -0.3 is 14.4 Å². The van der Waals surface area contributed by atoms with E-state index in [1.165, 1.54) is 0 Å². The highest BCUT2D eigenvalue weighted by molar-refractivity contribution is 5.87. The molecule has 1 saturated heterocycles. The summed E-state index contributed by atoms with van der Waals surface area (Å²) in [6.07, 6.45) is 8.22. The number of aromatic nitrogens is 6. The lowest BCUT2D eigenvalue weighted by Gasteiger charge is -2.26. The van der Waals surface area contributed by atoms with Gasteiger partial charge in [-0.2, -0.15) is 0 Å². The number of fused-ring (bicyclic) bond motifs is 1. The van der Waals surface area contributed by atoms with Gasteiger partial charge in [0.25, 0.3) is 0 Å². The maximum absolute atomic E-state index is 12.4. The van der Waals surface area contributed by atoms with E-state index in [2.05, 4.69) is 36.3 Å². The lowest BCUT2D eigenvalue weighted by Crippen LogP contribution is -2.37. The number of likely N-dealkylation sites (tertiary alicyclic amines) is 1. The second kappa shape index (κ2) is 7.30. The first kappa shape index (κ1) is 18.9. The van der Waals surface area contributed by atoms with Crippen LogP contribution in [0.5, 0.6) is 0 Å². The van der Waals surface area contributed by atoms with Crippen molar-refractivity contribution >= 4 is 22.9 Å². The summed E-state index contributed by atoms with van der Waals surface area (Å²) in [6, 6.07) is 0.226. The van der Waals surface area contributed by atoms with Crippen LogP contribution in [0.1, 0.15) is 32.0 Å². The zero-order valence-electron chi connectivity index (χ0n) is 17.6. The summed E-state index contributed by atoms with van der Waals surface area (Å²) in [4.78, 5) is 39.2. The van der Waals surface area contributed by atoms with Gasteiger partial charge >= 0.3 is 0 Å². The molecule has 1 aliphatic carbocycles. The van der Waals surface area contributed by atoms with Crippen molar-refractivity contribution in [3.05, 3.63) is 24.5 Å². The zero-order chi connectivity index (χ0) is 20.8. The predicted molar refractivity (Wildman–Crippen MR) is 113 cm³/mol. The first-order chi connectivity index (χ1) is 14.6. The van der Waals surface area contributed by atoms with Gasteiger partial charge in [-0.3, -0.25) is 4.79 Å². The third-order valence-corrected chi connectivity index (χ3v) is 6.15. The van der Waals surface area contributed by atoms with Crippen molar-refractivity contribution in [1.82, 2.24) is 34.4 Å². The molecule has 3 aromatic rings. The van der Waals surface area contributed by atoms with Crippen molar-refractivity contribution in [3.63, 3.8) is 0 Å². The minimum atomic E-state index is 0.226. The fourth-order valence-corrected chi connectivity index (χ4v) is 4.23. The van der Waals surface area contributed by atoms with E-state index in [1.807, 2.05) is 18.9 Å². The van der Waals surface area contributed by atoms with E-state index < -0.39 is 0 Å². The Morgan fingerprint density at radius 1 is 1.17 bits per heavy atom. The number of amides is 1. The molecule has 1 aliphatic heterocycles. The van der Waals surface area contributed by atoms with Crippen molar-refractivity contribution < 1.29 is 4.79 Å². The average molecular weight is 406 g/mol. The topological polar surface area (TPSA) is 92.9 Å². The summed E-state index contributed by atoms with van der Waals surface area (Å²) in [5.74, 6) is 2.89. The largest absolute Gasteiger partial charge is 0.353 e. The van der Waals surface area contributed by atoms with Gasteiger partial charge in [-0.25, -0.2) is 24.9 Å². The van der Waals surface area contributed by atoms with Gasteiger partial charge in [-0.1, -0.05) is 0 Å². The minimum Gasteiger partial charge on any atom is -0.353 e. The molecule has 2 fully saturated rings. The van der Waals surface area contributed by atoms with Gasteiger partial charge in [0.1, 0.15) is 18.0 Å². The molecule has 4 heterocycles. The maximum atomic E-state index is 12.4. The van der Waals surface area contributed by atoms with Crippen LogP contribution >= 0.6 is 0 Å². The lowest BCUT2D eigenvalue weighted by atomic mass is 10.2. The summed E-state index contributed by atoms with van der Waals surface area (Å²) in [5.41, 5.74) is 2.43. The highest BCUT2D eigenvalue weighted by Gasteiger charge is 2.38. The molecule has 1 amide bonds. The van der Waals surface area contributed by atoms with E-state index in [0.717, 1.165) is 73.1 Å². The summed E-state index contributed by atoms with van der Waals surface area (Å²) in [6.45, 7) is 6.22. The number of imidazole rings is 1. The van der Waals surface area contributed by atoms with Crippen LogP contribution in [-0.4, -0.2) is 66.5 Å². The molecule has 1 unspecified atom stereocenters. The smallest absolute Gasteiger partial charge is 0.225 e. The SMILES string of the molecule is CCn1c(-c2cnc(C)nc2)nc2c(N(C)C3CCN(C(=O)C4CC4)C3)ncnc21. The molecular formula is C21H26N8O. The normalized spacial score (nSPS) is 18.9. The Kier molecular flexibility index (Phi) is 4.60. The fraction of sp³-hybridized carbons (Fsp3) is 0.524. The second-order valence-corrected chi connectivity index (χ2v) is 8.18. The van der Waals surface area contributed by atoms with Crippen LogP contribution in [-0.2, 0) is 11.3 Å². The molecule has 9 nitrogen and oxygen atoms in total. The summed E-state index contributed by atoms with van der Waals surface area (Å²) < 4.78 is 2.07. The molecule has 0 N–H and O–H groups in total. The molecule has 30 heavy (non-hydrogen) atoms. The molecule has 0 radical (unpaired) electrons. The quantitative estimate of drug-likeness (QED) is 0.640. The Hall–Kier alpha value is -3.10. The van der Waals surface area contributed by atoms with E-state index in [9.17, 15) is 4.79 Å². The highest BCUT2D eigenvalue weighted by atomic mass is 16.2. The Balaban J connectivity index is 1.49. The molecule has 2 aliphatic rings. The van der Waals surface area contributed by atoms with Crippen LogP contribution in [0.15, 0.2) is 18.7 Å². The molecule has 5 rings (SSSR count). The van der Waals surface area contributed by atoms with E-state index in [0.29, 0.717) is 5.91 Å². The van der Waals surface area contributed by atoms with Gasteiger partial charge in [-0.15, -0.1) is 0 Å². The number of carbonyl (C=O) groups excluding carboxylic acids is 1. The van der Waals surface area contributed by atoms with Gasteiger partial charge in [0.2, 0.25) is 5.91 Å². The maximum Gasteiger partial charge on any atom is 0.225 e. The molecular weight excluding hydrogens is 380 g/mol. The predicted octanol–water partition coefficient (Wildman–Crippen LogP) is 2.06. The highest BCUT2D eigenvalue weighted by Crippen LogP contribution is 2.34. The van der Waals surface area contributed by atoms with Crippen molar-refractivity contribution in [2.45, 2.75) is 45.7 Å². The van der Waals surface area contributed by atoms with Crippen LogP contribution in [0, 0.1) is 12.8 Å². The van der Waals surface area contributed by atoms with Crippen LogP contribution in [0.2, 0.25) is 0 Å². The number of likely N-dealkylation sites (N-methyl/N-ethyl adjacent to an activating group) is 1. The Bertz CT molecular complexity index is 1090. The first-order valence-corrected chi connectivity index (χ1v) is 10.6. The second-order valence-electron chi connectivity index (χ2n) is 8.18. The lowest BCUT2D eigenvalue weighted by molar-refractivity contribution is -0.131. The number of hydrogen-bond acceptors (Lipinski definition) is 7. The number of hydrogen-bond donors (Lipinski definition) is 0.